The van der Waals surface area contributed by atoms with Gasteiger partial charge in [-0.05, 0) is 62.1 Å². The molecule has 3 heteroatoms. The normalized spacial score (nSPS) is 11.2. The lowest BCUT2D eigenvalue weighted by atomic mass is 10.0. The van der Waals surface area contributed by atoms with E-state index >= 15 is 0 Å². The van der Waals surface area contributed by atoms with Gasteiger partial charge in [-0.2, -0.15) is 0 Å². The number of unbranched alkanes of at least 4 members (excludes halogenated alkanes) is 3. The van der Waals surface area contributed by atoms with E-state index in [1.54, 1.807) is 0 Å². The second-order valence-corrected chi connectivity index (χ2v) is 7.19. The molecule has 0 aliphatic rings. The van der Waals surface area contributed by atoms with Gasteiger partial charge in [0.05, 0.1) is 12.7 Å². The summed E-state index contributed by atoms with van der Waals surface area (Å²) in [6.45, 7) is 7.10. The lowest BCUT2D eigenvalue weighted by Gasteiger charge is -2.15. The third kappa shape index (κ3) is 5.41. The average molecular weight is 393 g/mol. The molecule has 2 aromatic carbocycles. The van der Waals surface area contributed by atoms with Gasteiger partial charge in [0.2, 0.25) is 0 Å². The zero-order valence-corrected chi connectivity index (χ0v) is 16.7. The lowest BCUT2D eigenvalue weighted by Crippen LogP contribution is -2.05. The molecule has 0 aromatic heterocycles. The predicted molar refractivity (Wildman–Crippen MR) is 107 cm³/mol. The van der Waals surface area contributed by atoms with Gasteiger partial charge in [-0.3, -0.25) is 0 Å². The number of hydrogen-bond donors (Lipinski definition) is 0. The number of alkyl halides is 1. The lowest BCUT2D eigenvalue weighted by molar-refractivity contribution is 0.243. The molecule has 0 spiro atoms. The second kappa shape index (κ2) is 9.93. The van der Waals surface area contributed by atoms with Crippen LogP contribution in [0, 0.1) is 0 Å². The Morgan fingerprint density at radius 3 is 2.50 bits per heavy atom. The summed E-state index contributed by atoms with van der Waals surface area (Å²) in [5.74, 6) is 1.96. The molecule has 0 heterocycles. The molecule has 0 aliphatic carbocycles. The van der Waals surface area contributed by atoms with Crippen LogP contribution in [-0.2, 0) is 6.42 Å². The third-order valence-corrected chi connectivity index (χ3v) is 4.63. The smallest absolute Gasteiger partial charge is 0.123 e. The van der Waals surface area contributed by atoms with Crippen molar-refractivity contribution < 1.29 is 9.47 Å². The Morgan fingerprint density at radius 1 is 1.00 bits per heavy atom. The molecule has 0 bridgehead atoms. The summed E-state index contributed by atoms with van der Waals surface area (Å²) in [6, 6.07) is 10.6. The molecule has 2 nitrogen and oxygen atoms in total. The van der Waals surface area contributed by atoms with E-state index in [2.05, 4.69) is 67.0 Å². The van der Waals surface area contributed by atoms with Crippen LogP contribution in [0.3, 0.4) is 0 Å². The van der Waals surface area contributed by atoms with Crippen molar-refractivity contribution in [2.45, 2.75) is 59.0 Å². The summed E-state index contributed by atoms with van der Waals surface area (Å²) in [7, 11) is 0. The van der Waals surface area contributed by atoms with Crippen molar-refractivity contribution in [2.24, 2.45) is 0 Å². The number of halogens is 1. The van der Waals surface area contributed by atoms with Gasteiger partial charge in [-0.25, -0.2) is 0 Å². The molecule has 2 rings (SSSR count). The van der Waals surface area contributed by atoms with E-state index in [9.17, 15) is 0 Å². The van der Waals surface area contributed by atoms with Gasteiger partial charge in [0.1, 0.15) is 11.5 Å². The zero-order valence-electron chi connectivity index (χ0n) is 15.1. The largest absolute Gasteiger partial charge is 0.493 e. The van der Waals surface area contributed by atoms with Crippen LogP contribution in [0.1, 0.15) is 52.0 Å². The maximum absolute atomic E-state index is 6.07. The zero-order chi connectivity index (χ0) is 17.4. The van der Waals surface area contributed by atoms with Crippen molar-refractivity contribution in [1.29, 1.82) is 0 Å². The van der Waals surface area contributed by atoms with Gasteiger partial charge in [0, 0.05) is 10.9 Å². The molecule has 0 atom stereocenters. The molecule has 0 unspecified atom stereocenters. The molecule has 2 aromatic rings. The first-order valence-electron chi connectivity index (χ1n) is 9.06. The highest BCUT2D eigenvalue weighted by Crippen LogP contribution is 2.31. The summed E-state index contributed by atoms with van der Waals surface area (Å²) in [4.78, 5) is 0. The van der Waals surface area contributed by atoms with Crippen LogP contribution >= 0.6 is 15.9 Å². The fourth-order valence-electron chi connectivity index (χ4n) is 2.93. The number of hydrogen-bond acceptors (Lipinski definition) is 2. The maximum Gasteiger partial charge on any atom is 0.123 e. The first-order chi connectivity index (χ1) is 11.7. The minimum absolute atomic E-state index is 0.195. The van der Waals surface area contributed by atoms with E-state index in [1.165, 1.54) is 35.6 Å². The molecule has 0 amide bonds. The number of ether oxygens (including phenoxy) is 2. The van der Waals surface area contributed by atoms with Gasteiger partial charge in [-0.1, -0.05) is 47.8 Å². The van der Waals surface area contributed by atoms with Gasteiger partial charge < -0.3 is 9.47 Å². The van der Waals surface area contributed by atoms with Gasteiger partial charge in [0.15, 0.2) is 0 Å². The van der Waals surface area contributed by atoms with Crippen molar-refractivity contribution in [1.82, 2.24) is 0 Å². The monoisotopic (exact) mass is 392 g/mol. The highest BCUT2D eigenvalue weighted by molar-refractivity contribution is 9.09. The fourth-order valence-corrected chi connectivity index (χ4v) is 3.33. The molecule has 132 valence electrons. The predicted octanol–water partition coefficient (Wildman–Crippen LogP) is 6.52. The molecular formula is C21H29BrO2. The minimum atomic E-state index is 0.195. The highest BCUT2D eigenvalue weighted by Gasteiger charge is 2.09. The number of rotatable bonds is 10. The van der Waals surface area contributed by atoms with E-state index in [-0.39, 0.29) is 6.10 Å². The molecule has 0 saturated heterocycles. The van der Waals surface area contributed by atoms with Crippen molar-refractivity contribution in [2.75, 3.05) is 11.9 Å². The third-order valence-electron chi connectivity index (χ3n) is 4.07. The van der Waals surface area contributed by atoms with Crippen molar-refractivity contribution in [3.63, 3.8) is 0 Å². The van der Waals surface area contributed by atoms with E-state index in [0.29, 0.717) is 0 Å². The van der Waals surface area contributed by atoms with Crippen molar-refractivity contribution in [3.8, 4) is 11.5 Å². The Kier molecular flexibility index (Phi) is 7.90. The summed E-state index contributed by atoms with van der Waals surface area (Å²) in [6.07, 6.45) is 6.04. The highest BCUT2D eigenvalue weighted by atomic mass is 79.9. The van der Waals surface area contributed by atoms with Crippen LogP contribution in [0.4, 0.5) is 0 Å². The first-order valence-corrected chi connectivity index (χ1v) is 10.2. The number of aryl methyl sites for hydroxylation is 1. The van der Waals surface area contributed by atoms with E-state index < -0.39 is 0 Å². The molecule has 0 radical (unpaired) electrons. The van der Waals surface area contributed by atoms with Gasteiger partial charge in [-0.15, -0.1) is 0 Å². The van der Waals surface area contributed by atoms with Crippen LogP contribution < -0.4 is 9.47 Å². The average Bonchev–Trinajstić information content (AvgIpc) is 2.57. The summed E-state index contributed by atoms with van der Waals surface area (Å²) in [5, 5.41) is 3.58. The fraction of sp³-hybridized carbons (Fsp3) is 0.524. The van der Waals surface area contributed by atoms with E-state index in [1.807, 2.05) is 0 Å². The Labute approximate surface area is 154 Å². The quantitative estimate of drug-likeness (QED) is 0.338. The molecule has 0 N–H and O–H groups in total. The van der Waals surface area contributed by atoms with Gasteiger partial charge in [0.25, 0.3) is 0 Å². The molecular weight excluding hydrogens is 364 g/mol. The second-order valence-electron chi connectivity index (χ2n) is 6.40. The van der Waals surface area contributed by atoms with E-state index in [4.69, 9.17) is 9.47 Å². The summed E-state index contributed by atoms with van der Waals surface area (Å²) in [5.41, 5.74) is 1.30. The Hall–Kier alpha value is -1.22. The Morgan fingerprint density at radius 2 is 1.79 bits per heavy atom. The topological polar surface area (TPSA) is 18.5 Å². The summed E-state index contributed by atoms with van der Waals surface area (Å²) < 4.78 is 11.9. The van der Waals surface area contributed by atoms with E-state index in [0.717, 1.165) is 36.3 Å². The minimum Gasteiger partial charge on any atom is -0.493 e. The van der Waals surface area contributed by atoms with Crippen LogP contribution in [-0.4, -0.2) is 18.0 Å². The Bertz CT molecular complexity index is 637. The Balaban J connectivity index is 2.08. The van der Waals surface area contributed by atoms with Crippen LogP contribution in [0.25, 0.3) is 10.8 Å². The van der Waals surface area contributed by atoms with Crippen LogP contribution in [0.5, 0.6) is 11.5 Å². The summed E-state index contributed by atoms with van der Waals surface area (Å²) >= 11 is 3.47. The maximum atomic E-state index is 6.07. The van der Waals surface area contributed by atoms with Crippen LogP contribution in [0.2, 0.25) is 0 Å². The molecule has 0 aliphatic heterocycles. The first kappa shape index (κ1) is 19.1. The van der Waals surface area contributed by atoms with Crippen molar-refractivity contribution >= 4 is 26.7 Å². The standard InChI is InChI=1S/C21H29BrO2/c1-4-19-20-11-10-18(24-16(2)3)15-17(20)9-12-21(19)23-14-8-6-5-7-13-22/h9-12,15-16H,4-8,13-14H2,1-3H3. The van der Waals surface area contributed by atoms with Gasteiger partial charge >= 0.3 is 0 Å². The molecule has 0 saturated carbocycles. The van der Waals surface area contributed by atoms with Crippen molar-refractivity contribution in [3.05, 3.63) is 35.9 Å². The molecule has 24 heavy (non-hydrogen) atoms. The molecule has 0 fully saturated rings. The van der Waals surface area contributed by atoms with Crippen LogP contribution in [0.15, 0.2) is 30.3 Å². The SMILES string of the molecule is CCc1c(OCCCCCCBr)ccc2cc(OC(C)C)ccc12. The number of benzene rings is 2. The number of fused-ring (bicyclic) bond motifs is 1.